The maximum atomic E-state index is 14.7. The molecular formula is C31H31FN4O3. The number of rotatable bonds is 7. The third-order valence-electron chi connectivity index (χ3n) is 7.81. The lowest BCUT2D eigenvalue weighted by Gasteiger charge is -2.38. The van der Waals surface area contributed by atoms with Gasteiger partial charge in [0.25, 0.3) is 5.91 Å². The minimum Gasteiger partial charge on any atom is -0.493 e. The molecule has 3 N–H and O–H groups in total. The van der Waals surface area contributed by atoms with Gasteiger partial charge in [-0.2, -0.15) is 0 Å². The average molecular weight is 527 g/mol. The van der Waals surface area contributed by atoms with E-state index in [1.807, 2.05) is 54.6 Å². The van der Waals surface area contributed by atoms with Crippen LogP contribution in [0.4, 0.5) is 4.39 Å². The van der Waals surface area contributed by atoms with E-state index in [4.69, 9.17) is 15.5 Å². The van der Waals surface area contributed by atoms with Gasteiger partial charge in [-0.3, -0.25) is 14.5 Å². The summed E-state index contributed by atoms with van der Waals surface area (Å²) in [6, 6.07) is 21.3. The van der Waals surface area contributed by atoms with Crippen molar-refractivity contribution < 1.29 is 18.7 Å². The highest BCUT2D eigenvalue weighted by atomic mass is 19.1. The topological polar surface area (TPSA) is 97.0 Å². The van der Waals surface area contributed by atoms with Crippen molar-refractivity contribution in [1.82, 2.24) is 10.2 Å². The van der Waals surface area contributed by atoms with Crippen molar-refractivity contribution in [1.29, 1.82) is 0 Å². The molecule has 6 rings (SSSR count). The predicted molar refractivity (Wildman–Crippen MR) is 145 cm³/mol. The Morgan fingerprint density at radius 2 is 1.85 bits per heavy atom. The number of aliphatic imine (C=N–C) groups is 1. The number of carbonyl (C=O) groups excluding carboxylic acids is 2. The van der Waals surface area contributed by atoms with Gasteiger partial charge in [0.1, 0.15) is 11.6 Å². The summed E-state index contributed by atoms with van der Waals surface area (Å²) in [6.07, 6.45) is 3.85. The second-order valence-electron chi connectivity index (χ2n) is 10.7. The van der Waals surface area contributed by atoms with Gasteiger partial charge in [-0.15, -0.1) is 0 Å². The molecule has 200 valence electrons. The van der Waals surface area contributed by atoms with Crippen molar-refractivity contribution in [2.45, 2.75) is 50.2 Å². The van der Waals surface area contributed by atoms with E-state index in [0.717, 1.165) is 36.1 Å². The molecule has 8 heteroatoms. The Labute approximate surface area is 226 Å². The summed E-state index contributed by atoms with van der Waals surface area (Å²) in [4.78, 5) is 32.9. The first-order chi connectivity index (χ1) is 18.9. The number of para-hydroxylation sites is 1. The Morgan fingerprint density at radius 3 is 2.62 bits per heavy atom. The van der Waals surface area contributed by atoms with Crippen molar-refractivity contribution in [3.8, 4) is 5.75 Å². The Bertz CT molecular complexity index is 1440. The van der Waals surface area contributed by atoms with E-state index in [9.17, 15) is 14.0 Å². The summed E-state index contributed by atoms with van der Waals surface area (Å²) in [5, 5.41) is 3.01. The molecule has 1 fully saturated rings. The molecule has 3 aliphatic rings. The number of hydrogen-bond donors (Lipinski definition) is 2. The maximum Gasteiger partial charge on any atom is 0.251 e. The van der Waals surface area contributed by atoms with E-state index in [-0.39, 0.29) is 36.4 Å². The second-order valence-corrected chi connectivity index (χ2v) is 10.7. The van der Waals surface area contributed by atoms with Crippen molar-refractivity contribution in [2.24, 2.45) is 16.6 Å². The maximum absolute atomic E-state index is 14.7. The smallest absolute Gasteiger partial charge is 0.251 e. The Morgan fingerprint density at radius 1 is 1.08 bits per heavy atom. The summed E-state index contributed by atoms with van der Waals surface area (Å²) < 4.78 is 20.4. The lowest BCUT2D eigenvalue weighted by Crippen LogP contribution is -2.50. The third kappa shape index (κ3) is 5.24. The van der Waals surface area contributed by atoms with Crippen molar-refractivity contribution in [3.05, 3.63) is 101 Å². The number of hydrogen-bond acceptors (Lipinski definition) is 5. The van der Waals surface area contributed by atoms with Crippen LogP contribution < -0.4 is 15.8 Å². The molecule has 1 aliphatic carbocycles. The summed E-state index contributed by atoms with van der Waals surface area (Å²) in [6.45, 7) is 0.512. The first kappa shape index (κ1) is 25.1. The van der Waals surface area contributed by atoms with Gasteiger partial charge in [0.2, 0.25) is 5.91 Å². The highest BCUT2D eigenvalue weighted by Gasteiger charge is 2.44. The number of nitrogens with one attached hydrogen (secondary N) is 1. The van der Waals surface area contributed by atoms with Crippen LogP contribution in [0.3, 0.4) is 0 Å². The number of nitrogens with zero attached hydrogens (tertiary/aromatic N) is 2. The second kappa shape index (κ2) is 10.2. The fraction of sp³-hybridized carbons (Fsp3) is 0.323. The standard InChI is InChI=1S/C31H31FN4O3/c32-24-15-21(14-22(16-24)29(38)34-26-12-13-39-27-9-5-4-8-25(26)27)19-36-28(37)18-31(35-30(36)33,17-20-10-11-20)23-6-2-1-3-7-23/h1-9,14-16,20,26H,10-13,17-19H2,(H2,33,35)(H,34,38)/t26?,31-/m1/s1. The fourth-order valence-electron chi connectivity index (χ4n) is 5.70. The van der Waals surface area contributed by atoms with Gasteiger partial charge in [-0.25, -0.2) is 9.38 Å². The highest BCUT2D eigenvalue weighted by Crippen LogP contribution is 2.46. The molecule has 0 saturated heterocycles. The number of halogens is 1. The van der Waals surface area contributed by atoms with Gasteiger partial charge in [0, 0.05) is 17.5 Å². The molecule has 0 radical (unpaired) electrons. The largest absolute Gasteiger partial charge is 0.493 e. The van der Waals surface area contributed by atoms with Crippen LogP contribution in [-0.2, 0) is 16.9 Å². The SMILES string of the molecule is NC1=N[C@@](CC2CC2)(c2ccccc2)CC(=O)N1Cc1cc(F)cc(C(=O)NC2CCOc3ccccc32)c1. The van der Waals surface area contributed by atoms with E-state index in [2.05, 4.69) is 5.32 Å². The fourth-order valence-corrected chi connectivity index (χ4v) is 5.70. The van der Waals surface area contributed by atoms with E-state index in [1.165, 1.54) is 17.0 Å². The first-order valence-corrected chi connectivity index (χ1v) is 13.4. The van der Waals surface area contributed by atoms with Gasteiger partial charge in [0.15, 0.2) is 5.96 Å². The molecule has 39 heavy (non-hydrogen) atoms. The molecule has 2 heterocycles. The van der Waals surface area contributed by atoms with Crippen LogP contribution in [0.5, 0.6) is 5.75 Å². The predicted octanol–water partition coefficient (Wildman–Crippen LogP) is 4.82. The molecule has 2 amide bonds. The van der Waals surface area contributed by atoms with Crippen LogP contribution in [0.25, 0.3) is 0 Å². The zero-order valence-corrected chi connectivity index (χ0v) is 21.6. The monoisotopic (exact) mass is 526 g/mol. The van der Waals surface area contributed by atoms with E-state index >= 15 is 0 Å². The molecule has 1 saturated carbocycles. The molecule has 2 aliphatic heterocycles. The highest BCUT2D eigenvalue weighted by molar-refractivity contribution is 5.99. The number of nitrogens with two attached hydrogens (primary N) is 1. The van der Waals surface area contributed by atoms with Crippen LogP contribution in [0.2, 0.25) is 0 Å². The van der Waals surface area contributed by atoms with Gasteiger partial charge < -0.3 is 15.8 Å². The van der Waals surface area contributed by atoms with Gasteiger partial charge >= 0.3 is 0 Å². The average Bonchev–Trinajstić information content (AvgIpc) is 3.75. The Hall–Kier alpha value is -4.20. The molecule has 7 nitrogen and oxygen atoms in total. The zero-order valence-electron chi connectivity index (χ0n) is 21.6. The summed E-state index contributed by atoms with van der Waals surface area (Å²) in [5.74, 6) is 0.272. The number of amides is 2. The van der Waals surface area contributed by atoms with Gasteiger partial charge in [-0.05, 0) is 47.7 Å². The Kier molecular flexibility index (Phi) is 6.54. The van der Waals surface area contributed by atoms with Crippen molar-refractivity contribution in [2.75, 3.05) is 6.61 Å². The summed E-state index contributed by atoms with van der Waals surface area (Å²) >= 11 is 0. The molecule has 1 unspecified atom stereocenters. The number of fused-ring (bicyclic) bond motifs is 1. The van der Waals surface area contributed by atoms with Crippen LogP contribution in [0, 0.1) is 11.7 Å². The number of guanidine groups is 1. The zero-order chi connectivity index (χ0) is 27.0. The molecule has 0 bridgehead atoms. The number of ether oxygens (including phenoxy) is 1. The van der Waals surface area contributed by atoms with E-state index in [1.54, 1.807) is 6.07 Å². The first-order valence-electron chi connectivity index (χ1n) is 13.4. The molecular weight excluding hydrogens is 495 g/mol. The number of benzene rings is 3. The quantitative estimate of drug-likeness (QED) is 0.461. The van der Waals surface area contributed by atoms with Crippen LogP contribution in [0.15, 0.2) is 77.8 Å². The Balaban J connectivity index is 1.23. The van der Waals surface area contributed by atoms with Gasteiger partial charge in [0.05, 0.1) is 31.2 Å². The third-order valence-corrected chi connectivity index (χ3v) is 7.81. The molecule has 3 aromatic carbocycles. The molecule has 3 aromatic rings. The van der Waals surface area contributed by atoms with Crippen LogP contribution >= 0.6 is 0 Å². The molecule has 2 atom stereocenters. The van der Waals surface area contributed by atoms with Crippen LogP contribution in [0.1, 0.15) is 65.2 Å². The summed E-state index contributed by atoms with van der Waals surface area (Å²) in [5.41, 5.74) is 8.23. The van der Waals surface area contributed by atoms with E-state index < -0.39 is 17.3 Å². The van der Waals surface area contributed by atoms with Crippen molar-refractivity contribution >= 4 is 17.8 Å². The normalized spacial score (nSPS) is 22.5. The number of carbonyl (C=O) groups is 2. The summed E-state index contributed by atoms with van der Waals surface area (Å²) in [7, 11) is 0. The van der Waals surface area contributed by atoms with Crippen molar-refractivity contribution in [3.63, 3.8) is 0 Å². The lowest BCUT2D eigenvalue weighted by molar-refractivity contribution is -0.130. The minimum absolute atomic E-state index is 0.0284. The van der Waals surface area contributed by atoms with Gasteiger partial charge in [-0.1, -0.05) is 61.4 Å². The van der Waals surface area contributed by atoms with Crippen LogP contribution in [-0.4, -0.2) is 29.3 Å². The lowest BCUT2D eigenvalue weighted by atomic mass is 9.81. The molecule has 0 spiro atoms. The molecule has 0 aromatic heterocycles. The minimum atomic E-state index is -0.687. The van der Waals surface area contributed by atoms with E-state index in [0.29, 0.717) is 24.5 Å².